The summed E-state index contributed by atoms with van der Waals surface area (Å²) in [5, 5.41) is 26.4. The van der Waals surface area contributed by atoms with Crippen LogP contribution in [0.2, 0.25) is 0 Å². The van der Waals surface area contributed by atoms with E-state index in [1.165, 1.54) is 13.8 Å². The number of thioether (sulfide) groups is 1. The van der Waals surface area contributed by atoms with Crippen molar-refractivity contribution in [3.63, 3.8) is 0 Å². The first-order valence-electron chi connectivity index (χ1n) is 17.2. The molecule has 0 radical (unpaired) electrons. The summed E-state index contributed by atoms with van der Waals surface area (Å²) in [4.78, 5) is 87.8. The number of fused-ring (bicyclic) bond motifs is 1. The number of anilines is 1. The molecular formula is C30H44N7O17P3S. The number of imidazole rings is 1. The Kier molecular flexibility index (Phi) is 16.7. The summed E-state index contributed by atoms with van der Waals surface area (Å²) in [6.45, 7) is 0.494. The quantitative estimate of drug-likeness (QED) is 0.0483. The molecule has 2 amide bonds. The van der Waals surface area contributed by atoms with Gasteiger partial charge in [-0.1, -0.05) is 55.9 Å². The van der Waals surface area contributed by atoms with Gasteiger partial charge in [-0.15, -0.1) is 0 Å². The van der Waals surface area contributed by atoms with Crippen LogP contribution in [0.3, 0.4) is 0 Å². The van der Waals surface area contributed by atoms with Gasteiger partial charge in [-0.25, -0.2) is 28.6 Å². The molecule has 0 aliphatic carbocycles. The number of aryl methyl sites for hydroxylation is 1. The van der Waals surface area contributed by atoms with E-state index >= 15 is 0 Å². The summed E-state index contributed by atoms with van der Waals surface area (Å²) < 4.78 is 62.2. The van der Waals surface area contributed by atoms with Gasteiger partial charge in [-0.3, -0.25) is 32.5 Å². The van der Waals surface area contributed by atoms with Crippen LogP contribution < -0.4 is 16.4 Å². The third kappa shape index (κ3) is 14.2. The number of aliphatic hydroxyl groups excluding tert-OH is 2. The number of hydrogen-bond acceptors (Lipinski definition) is 18. The van der Waals surface area contributed by atoms with E-state index in [0.29, 0.717) is 18.6 Å². The molecule has 0 saturated carbocycles. The second kappa shape index (κ2) is 20.4. The largest absolute Gasteiger partial charge is 0.481 e. The van der Waals surface area contributed by atoms with Crippen molar-refractivity contribution in [1.82, 2.24) is 30.2 Å². The average Bonchev–Trinajstić information content (AvgIpc) is 3.71. The Hall–Kier alpha value is -3.22. The first-order chi connectivity index (χ1) is 27.1. The third-order valence-corrected chi connectivity index (χ3v) is 12.3. The van der Waals surface area contributed by atoms with Crippen LogP contribution in [0.4, 0.5) is 5.82 Å². The van der Waals surface area contributed by atoms with Crippen molar-refractivity contribution in [2.75, 3.05) is 37.8 Å². The number of phosphoric acid groups is 3. The maximum absolute atomic E-state index is 12.7. The van der Waals surface area contributed by atoms with Crippen molar-refractivity contribution in [3.05, 3.63) is 48.5 Å². The van der Waals surface area contributed by atoms with Gasteiger partial charge in [-0.05, 0) is 12.0 Å². The SMILES string of the molecule is CC(C)(COP(=O)(O)OP(=O)(O)OC[C@H]1O[C@@H](n2cnc3c(N)ncnc32)[C@H](O)[C@@H]1OP(=O)(O)O)[C@@H](O)C(=O)NCCC(=O)NCCSC(=O)CCc1ccccc1. The fourth-order valence-electron chi connectivity index (χ4n) is 5.26. The van der Waals surface area contributed by atoms with Gasteiger partial charge in [0.2, 0.25) is 11.8 Å². The standard InChI is InChI=1S/C30H44N7O17P3S/c1-30(2,25(41)28(42)33-11-10-20(38)32-12-13-58-21(39)9-8-18-6-4-3-5-7-18)15-51-57(48,49)54-56(46,47)50-14-19-24(53-55(43,44)45)23(40)29(52-19)37-17-36-22-26(31)34-16-35-27(22)37/h3-7,16-17,19,23-25,29,40-41H,8-15H2,1-2H3,(H,32,38)(H,33,42)(H,46,47)(H,48,49)(H2,31,34,35)(H2,43,44,45)/t19-,23-,24-,25+,29-/m1/s1. The summed E-state index contributed by atoms with van der Waals surface area (Å²) >= 11 is 1.09. The highest BCUT2D eigenvalue weighted by molar-refractivity contribution is 8.13. The Balaban J connectivity index is 1.20. The molecule has 3 heterocycles. The number of benzene rings is 1. The van der Waals surface area contributed by atoms with Crippen LogP contribution in [-0.2, 0) is 57.1 Å². The fourth-order valence-corrected chi connectivity index (χ4v) is 8.77. The highest BCUT2D eigenvalue weighted by Crippen LogP contribution is 2.61. The van der Waals surface area contributed by atoms with Crippen LogP contribution in [0.25, 0.3) is 11.2 Å². The molecule has 10 N–H and O–H groups in total. The second-order valence-electron chi connectivity index (χ2n) is 13.3. The van der Waals surface area contributed by atoms with Gasteiger partial charge < -0.3 is 50.9 Å². The van der Waals surface area contributed by atoms with Gasteiger partial charge in [-0.2, -0.15) is 4.31 Å². The lowest BCUT2D eigenvalue weighted by Gasteiger charge is -2.30. The van der Waals surface area contributed by atoms with Crippen molar-refractivity contribution < 1.29 is 80.5 Å². The minimum atomic E-state index is -5.57. The molecule has 7 atom stereocenters. The van der Waals surface area contributed by atoms with Gasteiger partial charge in [0.25, 0.3) is 0 Å². The normalized spacial score (nSPS) is 21.2. The Morgan fingerprint density at radius 3 is 2.38 bits per heavy atom. The van der Waals surface area contributed by atoms with Crippen LogP contribution in [-0.4, -0.2) is 123 Å². The van der Waals surface area contributed by atoms with E-state index < -0.39 is 84.6 Å². The first-order valence-corrected chi connectivity index (χ1v) is 22.7. The number of nitrogens with zero attached hydrogens (tertiary/aromatic N) is 4. The number of carbonyl (C=O) groups excluding carboxylic acids is 3. The lowest BCUT2D eigenvalue weighted by Crippen LogP contribution is -2.46. The third-order valence-electron chi connectivity index (χ3n) is 8.23. The zero-order chi connectivity index (χ0) is 42.9. The molecular weight excluding hydrogens is 855 g/mol. The minimum Gasteiger partial charge on any atom is -0.386 e. The molecule has 0 bridgehead atoms. The second-order valence-corrected chi connectivity index (χ2v) is 18.7. The Bertz CT molecular complexity index is 2040. The zero-order valence-electron chi connectivity index (χ0n) is 30.9. The molecule has 1 saturated heterocycles. The van der Waals surface area contributed by atoms with Crippen LogP contribution >= 0.6 is 35.2 Å². The number of rotatable bonds is 22. The number of hydrogen-bond donors (Lipinski definition) is 9. The fraction of sp³-hybridized carbons (Fsp3) is 0.533. The number of aromatic nitrogens is 4. The number of carbonyl (C=O) groups is 3. The van der Waals surface area contributed by atoms with Crippen molar-refractivity contribution in [2.45, 2.75) is 63.8 Å². The summed E-state index contributed by atoms with van der Waals surface area (Å²) in [6.07, 6.45) is -5.96. The van der Waals surface area contributed by atoms with Crippen LogP contribution in [0.1, 0.15) is 38.5 Å². The van der Waals surface area contributed by atoms with Crippen molar-refractivity contribution >= 4 is 69.1 Å². The molecule has 24 nitrogen and oxygen atoms in total. The van der Waals surface area contributed by atoms with Gasteiger partial charge >= 0.3 is 23.5 Å². The van der Waals surface area contributed by atoms with Gasteiger partial charge in [0.15, 0.2) is 22.8 Å². The molecule has 0 spiro atoms. The van der Waals surface area contributed by atoms with E-state index in [4.69, 9.17) is 19.5 Å². The van der Waals surface area contributed by atoms with E-state index in [1.807, 2.05) is 30.3 Å². The van der Waals surface area contributed by atoms with Gasteiger partial charge in [0.1, 0.15) is 36.3 Å². The van der Waals surface area contributed by atoms with Gasteiger partial charge in [0.05, 0.1) is 19.5 Å². The van der Waals surface area contributed by atoms with E-state index in [1.54, 1.807) is 0 Å². The summed E-state index contributed by atoms with van der Waals surface area (Å²) in [5.41, 5.74) is 5.30. The van der Waals surface area contributed by atoms with E-state index in [9.17, 15) is 57.9 Å². The van der Waals surface area contributed by atoms with Gasteiger partial charge in [0, 0.05) is 37.1 Å². The Morgan fingerprint density at radius 1 is 1.00 bits per heavy atom. The highest BCUT2D eigenvalue weighted by Gasteiger charge is 2.50. The maximum Gasteiger partial charge on any atom is 0.481 e. The highest BCUT2D eigenvalue weighted by atomic mass is 32.2. The smallest absolute Gasteiger partial charge is 0.386 e. The molecule has 1 aliphatic rings. The number of phosphoric ester groups is 3. The number of ether oxygens (including phenoxy) is 1. The van der Waals surface area contributed by atoms with E-state index in [2.05, 4.69) is 34.4 Å². The molecule has 322 valence electrons. The monoisotopic (exact) mass is 899 g/mol. The van der Waals surface area contributed by atoms with E-state index in [-0.39, 0.29) is 41.6 Å². The molecule has 28 heteroatoms. The van der Waals surface area contributed by atoms with Crippen molar-refractivity contribution in [1.29, 1.82) is 0 Å². The average molecular weight is 900 g/mol. The molecule has 1 fully saturated rings. The minimum absolute atomic E-state index is 0.0185. The Labute approximate surface area is 334 Å². The molecule has 3 aromatic rings. The molecule has 2 aromatic heterocycles. The summed E-state index contributed by atoms with van der Waals surface area (Å²) in [6, 6.07) is 9.52. The summed E-state index contributed by atoms with van der Waals surface area (Å²) in [7, 11) is -16.4. The predicted molar refractivity (Wildman–Crippen MR) is 202 cm³/mol. The zero-order valence-corrected chi connectivity index (χ0v) is 34.4. The lowest BCUT2D eigenvalue weighted by molar-refractivity contribution is -0.137. The van der Waals surface area contributed by atoms with Crippen LogP contribution in [0, 0.1) is 5.41 Å². The number of nitrogen functional groups attached to an aromatic ring is 1. The van der Waals surface area contributed by atoms with Crippen LogP contribution in [0.5, 0.6) is 0 Å². The number of nitrogens with one attached hydrogen (secondary N) is 2. The maximum atomic E-state index is 12.7. The molecule has 1 aliphatic heterocycles. The molecule has 58 heavy (non-hydrogen) atoms. The lowest BCUT2D eigenvalue weighted by atomic mass is 9.87. The molecule has 4 rings (SSSR count). The van der Waals surface area contributed by atoms with E-state index in [0.717, 1.165) is 34.5 Å². The van der Waals surface area contributed by atoms with Crippen LogP contribution in [0.15, 0.2) is 43.0 Å². The van der Waals surface area contributed by atoms with Crippen molar-refractivity contribution in [3.8, 4) is 0 Å². The molecule has 1 aromatic carbocycles. The van der Waals surface area contributed by atoms with Crippen molar-refractivity contribution in [2.24, 2.45) is 5.41 Å². The first kappa shape index (κ1) is 47.5. The number of aliphatic hydroxyl groups is 2. The number of amides is 2. The predicted octanol–water partition coefficient (Wildman–Crippen LogP) is 0.298. The topological polar surface area (TPSA) is 364 Å². The number of nitrogens with two attached hydrogens (primary N) is 1. The Morgan fingerprint density at radius 2 is 1.69 bits per heavy atom. The summed E-state index contributed by atoms with van der Waals surface area (Å²) in [5.74, 6) is -1.11. The molecule has 2 unspecified atom stereocenters.